The normalized spacial score (nSPS) is 10.9. The van der Waals surface area contributed by atoms with E-state index in [0.717, 1.165) is 27.8 Å². The largest absolute Gasteiger partial charge is 0.482 e. The van der Waals surface area contributed by atoms with Crippen molar-refractivity contribution in [2.24, 2.45) is 0 Å². The van der Waals surface area contributed by atoms with Gasteiger partial charge in [0.25, 0.3) is 5.91 Å². The van der Waals surface area contributed by atoms with Crippen molar-refractivity contribution >= 4 is 39.5 Å². The SMILES string of the molecule is CCc1nnc2sc(-c3cccc(NC(=O)COc4ccccc4Cl)c3)nn12. The van der Waals surface area contributed by atoms with E-state index >= 15 is 0 Å². The molecule has 4 rings (SSSR count). The average molecular weight is 414 g/mol. The van der Waals surface area contributed by atoms with E-state index in [-0.39, 0.29) is 12.5 Å². The molecule has 0 saturated heterocycles. The second kappa shape index (κ2) is 7.95. The first kappa shape index (κ1) is 18.4. The molecule has 0 radical (unpaired) electrons. The summed E-state index contributed by atoms with van der Waals surface area (Å²) >= 11 is 7.48. The van der Waals surface area contributed by atoms with Crippen molar-refractivity contribution in [3.05, 3.63) is 59.4 Å². The number of amides is 1. The Morgan fingerprint density at radius 3 is 2.89 bits per heavy atom. The Bertz CT molecular complexity index is 1140. The highest BCUT2D eigenvalue weighted by Crippen LogP contribution is 2.27. The van der Waals surface area contributed by atoms with Crippen molar-refractivity contribution in [1.82, 2.24) is 19.8 Å². The molecule has 1 N–H and O–H groups in total. The Kier molecular flexibility index (Phi) is 5.23. The predicted octanol–water partition coefficient (Wildman–Crippen LogP) is 4.09. The number of ether oxygens (including phenoxy) is 1. The van der Waals surface area contributed by atoms with Crippen LogP contribution in [-0.4, -0.2) is 32.3 Å². The number of benzene rings is 2. The second-order valence-electron chi connectivity index (χ2n) is 5.92. The third-order valence-corrected chi connectivity index (χ3v) is 5.22. The lowest BCUT2D eigenvalue weighted by Gasteiger charge is -2.09. The number of anilines is 1. The molecule has 2 aromatic heterocycles. The number of nitrogens with one attached hydrogen (secondary N) is 1. The number of halogens is 1. The summed E-state index contributed by atoms with van der Waals surface area (Å²) in [6, 6.07) is 14.5. The van der Waals surface area contributed by atoms with Crippen LogP contribution in [0.15, 0.2) is 48.5 Å². The van der Waals surface area contributed by atoms with E-state index in [4.69, 9.17) is 16.3 Å². The fourth-order valence-electron chi connectivity index (χ4n) is 2.63. The van der Waals surface area contributed by atoms with Crippen LogP contribution in [0.3, 0.4) is 0 Å². The highest BCUT2D eigenvalue weighted by Gasteiger charge is 2.13. The Morgan fingerprint density at radius 2 is 2.07 bits per heavy atom. The number of carbonyl (C=O) groups excluding carboxylic acids is 1. The van der Waals surface area contributed by atoms with Crippen molar-refractivity contribution in [2.75, 3.05) is 11.9 Å². The molecule has 2 heterocycles. The topological polar surface area (TPSA) is 81.4 Å². The summed E-state index contributed by atoms with van der Waals surface area (Å²) in [5.74, 6) is 1.02. The monoisotopic (exact) mass is 413 g/mol. The number of fused-ring (bicyclic) bond motifs is 1. The minimum atomic E-state index is -0.275. The molecule has 0 aliphatic heterocycles. The minimum Gasteiger partial charge on any atom is -0.482 e. The Labute approximate surface area is 169 Å². The van der Waals surface area contributed by atoms with Gasteiger partial charge in [-0.2, -0.15) is 9.61 Å². The van der Waals surface area contributed by atoms with E-state index in [1.807, 2.05) is 31.2 Å². The molecule has 0 aliphatic carbocycles. The zero-order valence-electron chi connectivity index (χ0n) is 14.9. The van der Waals surface area contributed by atoms with Gasteiger partial charge in [0.2, 0.25) is 4.96 Å². The lowest BCUT2D eigenvalue weighted by Crippen LogP contribution is -2.20. The molecule has 0 saturated carbocycles. The number of aromatic nitrogens is 4. The molecule has 9 heteroatoms. The number of rotatable bonds is 6. The standard InChI is InChI=1S/C19H16ClN5O2S/c1-2-16-22-23-19-25(16)24-18(28-19)12-6-5-7-13(10-12)21-17(26)11-27-15-9-4-3-8-14(15)20/h3-10H,2,11H2,1H3,(H,21,26). The van der Waals surface area contributed by atoms with Crippen molar-refractivity contribution < 1.29 is 9.53 Å². The van der Waals surface area contributed by atoms with Crippen LogP contribution in [0.5, 0.6) is 5.75 Å². The van der Waals surface area contributed by atoms with Gasteiger partial charge in [-0.15, -0.1) is 10.2 Å². The fraction of sp³-hybridized carbons (Fsp3) is 0.158. The summed E-state index contributed by atoms with van der Waals surface area (Å²) in [4.78, 5) is 13.0. The Hall–Kier alpha value is -2.97. The van der Waals surface area contributed by atoms with Gasteiger partial charge in [-0.3, -0.25) is 4.79 Å². The van der Waals surface area contributed by atoms with Crippen LogP contribution in [-0.2, 0) is 11.2 Å². The first-order chi connectivity index (χ1) is 13.6. The number of hydrogen-bond donors (Lipinski definition) is 1. The van der Waals surface area contributed by atoms with E-state index < -0.39 is 0 Å². The predicted molar refractivity (Wildman–Crippen MR) is 109 cm³/mol. The zero-order chi connectivity index (χ0) is 19.5. The van der Waals surface area contributed by atoms with Crippen LogP contribution in [0.4, 0.5) is 5.69 Å². The van der Waals surface area contributed by atoms with Gasteiger partial charge in [0, 0.05) is 17.7 Å². The molecule has 4 aromatic rings. The molecule has 7 nitrogen and oxygen atoms in total. The molecule has 2 aromatic carbocycles. The van der Waals surface area contributed by atoms with Gasteiger partial charge in [0.05, 0.1) is 5.02 Å². The maximum Gasteiger partial charge on any atom is 0.262 e. The summed E-state index contributed by atoms with van der Waals surface area (Å²) in [6.45, 7) is 1.88. The van der Waals surface area contributed by atoms with Gasteiger partial charge >= 0.3 is 0 Å². The van der Waals surface area contributed by atoms with Crippen LogP contribution in [0.2, 0.25) is 5.02 Å². The molecule has 28 heavy (non-hydrogen) atoms. The first-order valence-electron chi connectivity index (χ1n) is 8.63. The van der Waals surface area contributed by atoms with E-state index in [2.05, 4.69) is 20.6 Å². The van der Waals surface area contributed by atoms with Gasteiger partial charge in [-0.1, -0.05) is 54.1 Å². The summed E-state index contributed by atoms with van der Waals surface area (Å²) in [5, 5.41) is 16.9. The number of hydrogen-bond acceptors (Lipinski definition) is 6. The molecule has 0 fully saturated rings. The lowest BCUT2D eigenvalue weighted by atomic mass is 10.2. The van der Waals surface area contributed by atoms with Crippen LogP contribution in [0, 0.1) is 0 Å². The maximum atomic E-state index is 12.2. The smallest absolute Gasteiger partial charge is 0.262 e. The summed E-state index contributed by atoms with van der Waals surface area (Å²) in [5.41, 5.74) is 1.55. The van der Waals surface area contributed by atoms with Crippen molar-refractivity contribution in [2.45, 2.75) is 13.3 Å². The highest BCUT2D eigenvalue weighted by atomic mass is 35.5. The van der Waals surface area contributed by atoms with E-state index in [1.165, 1.54) is 11.3 Å². The highest BCUT2D eigenvalue weighted by molar-refractivity contribution is 7.19. The molecular formula is C19H16ClN5O2S. The van der Waals surface area contributed by atoms with Crippen molar-refractivity contribution in [3.63, 3.8) is 0 Å². The zero-order valence-corrected chi connectivity index (χ0v) is 16.5. The van der Waals surface area contributed by atoms with Crippen LogP contribution in [0.25, 0.3) is 15.5 Å². The molecule has 0 spiro atoms. The molecular weight excluding hydrogens is 398 g/mol. The van der Waals surface area contributed by atoms with Gasteiger partial charge < -0.3 is 10.1 Å². The van der Waals surface area contributed by atoms with Crippen molar-refractivity contribution in [3.8, 4) is 16.3 Å². The van der Waals surface area contributed by atoms with Crippen LogP contribution < -0.4 is 10.1 Å². The van der Waals surface area contributed by atoms with Crippen molar-refractivity contribution in [1.29, 1.82) is 0 Å². The summed E-state index contributed by atoms with van der Waals surface area (Å²) in [7, 11) is 0. The minimum absolute atomic E-state index is 0.134. The average Bonchev–Trinajstić information content (AvgIpc) is 3.28. The molecule has 0 aliphatic rings. The molecule has 1 amide bonds. The quantitative estimate of drug-likeness (QED) is 0.515. The molecule has 0 atom stereocenters. The first-order valence-corrected chi connectivity index (χ1v) is 9.82. The van der Waals surface area contributed by atoms with Crippen LogP contribution in [0.1, 0.15) is 12.7 Å². The van der Waals surface area contributed by atoms with E-state index in [1.54, 1.807) is 28.8 Å². The molecule has 0 bridgehead atoms. The van der Waals surface area contributed by atoms with Gasteiger partial charge in [0.1, 0.15) is 10.8 Å². The Morgan fingerprint density at radius 1 is 1.21 bits per heavy atom. The van der Waals surface area contributed by atoms with Crippen LogP contribution >= 0.6 is 22.9 Å². The third-order valence-electron chi connectivity index (χ3n) is 3.96. The van der Waals surface area contributed by atoms with E-state index in [0.29, 0.717) is 16.5 Å². The number of carbonyl (C=O) groups is 1. The number of aryl methyl sites for hydroxylation is 1. The maximum absolute atomic E-state index is 12.2. The molecule has 0 unspecified atom stereocenters. The molecule has 142 valence electrons. The fourth-order valence-corrected chi connectivity index (χ4v) is 3.67. The van der Waals surface area contributed by atoms with E-state index in [9.17, 15) is 4.79 Å². The van der Waals surface area contributed by atoms with Gasteiger partial charge in [-0.05, 0) is 24.3 Å². The third kappa shape index (κ3) is 3.83. The number of nitrogens with zero attached hydrogens (tertiary/aromatic N) is 4. The number of para-hydroxylation sites is 1. The summed E-state index contributed by atoms with van der Waals surface area (Å²) < 4.78 is 7.22. The van der Waals surface area contributed by atoms with Gasteiger partial charge in [-0.25, -0.2) is 0 Å². The second-order valence-corrected chi connectivity index (χ2v) is 7.28. The van der Waals surface area contributed by atoms with Gasteiger partial charge in [0.15, 0.2) is 12.4 Å². The summed E-state index contributed by atoms with van der Waals surface area (Å²) in [6.07, 6.45) is 0.756. The lowest BCUT2D eigenvalue weighted by molar-refractivity contribution is -0.118. The Balaban J connectivity index is 1.46.